The van der Waals surface area contributed by atoms with Crippen molar-refractivity contribution >= 4 is 0 Å². The minimum atomic E-state index is 0.504. The van der Waals surface area contributed by atoms with Crippen LogP contribution in [0.25, 0.3) is 0 Å². The van der Waals surface area contributed by atoms with Gasteiger partial charge in [0.1, 0.15) is 12.4 Å². The Hall–Kier alpha value is -2.58. The molecule has 2 heteroatoms. The van der Waals surface area contributed by atoms with Gasteiger partial charge in [-0.25, -0.2) is 0 Å². The van der Waals surface area contributed by atoms with Crippen LogP contribution in [0.3, 0.4) is 0 Å². The van der Waals surface area contributed by atoms with Gasteiger partial charge >= 0.3 is 0 Å². The summed E-state index contributed by atoms with van der Waals surface area (Å²) in [5.41, 5.74) is 5.35. The van der Waals surface area contributed by atoms with Crippen molar-refractivity contribution in [3.8, 4) is 5.75 Å². The smallest absolute Gasteiger partial charge is 0.123 e. The van der Waals surface area contributed by atoms with Crippen molar-refractivity contribution < 1.29 is 4.74 Å². The molecule has 4 rings (SSSR count). The van der Waals surface area contributed by atoms with E-state index in [4.69, 9.17) is 4.74 Å². The molecule has 0 amide bonds. The highest BCUT2D eigenvalue weighted by Crippen LogP contribution is 2.32. The molecule has 132 valence electrons. The van der Waals surface area contributed by atoms with E-state index in [0.717, 1.165) is 25.3 Å². The summed E-state index contributed by atoms with van der Waals surface area (Å²) in [6.45, 7) is 4.92. The van der Waals surface area contributed by atoms with Gasteiger partial charge in [0.2, 0.25) is 0 Å². The summed E-state index contributed by atoms with van der Waals surface area (Å²) in [5.74, 6) is 1.04. The third kappa shape index (κ3) is 3.81. The minimum Gasteiger partial charge on any atom is -0.489 e. The molecule has 0 aliphatic carbocycles. The van der Waals surface area contributed by atoms with E-state index in [1.54, 1.807) is 0 Å². The standard InChI is InChI=1S/C24H25NO/c1-19-15-23-22(17-25(19)16-20-9-4-2-5-10-20)13-8-14-24(23)26-18-21-11-6-3-7-12-21/h2-14,19H,15-18H2,1H3. The lowest BCUT2D eigenvalue weighted by atomic mass is 9.93. The van der Waals surface area contributed by atoms with Crippen LogP contribution in [0.5, 0.6) is 5.75 Å². The van der Waals surface area contributed by atoms with Crippen LogP contribution in [0.1, 0.15) is 29.2 Å². The predicted octanol–water partition coefficient (Wildman–Crippen LogP) is 5.21. The zero-order valence-corrected chi connectivity index (χ0v) is 15.3. The van der Waals surface area contributed by atoms with Crippen LogP contribution in [0.15, 0.2) is 78.9 Å². The molecule has 0 fully saturated rings. The van der Waals surface area contributed by atoms with Crippen LogP contribution >= 0.6 is 0 Å². The van der Waals surface area contributed by atoms with Crippen molar-refractivity contribution in [3.63, 3.8) is 0 Å². The van der Waals surface area contributed by atoms with Crippen LogP contribution in [0, 0.1) is 0 Å². The van der Waals surface area contributed by atoms with Gasteiger partial charge in [-0.3, -0.25) is 4.90 Å². The molecule has 3 aromatic rings. The van der Waals surface area contributed by atoms with E-state index in [1.807, 2.05) is 6.07 Å². The van der Waals surface area contributed by atoms with E-state index in [-0.39, 0.29) is 0 Å². The first-order chi connectivity index (χ1) is 12.8. The molecular weight excluding hydrogens is 318 g/mol. The third-order valence-electron chi connectivity index (χ3n) is 5.19. The van der Waals surface area contributed by atoms with E-state index < -0.39 is 0 Å². The Morgan fingerprint density at radius 1 is 0.846 bits per heavy atom. The van der Waals surface area contributed by atoms with Crippen LogP contribution in [-0.2, 0) is 26.1 Å². The summed E-state index contributed by atoms with van der Waals surface area (Å²) >= 11 is 0. The van der Waals surface area contributed by atoms with E-state index in [1.165, 1.54) is 22.3 Å². The molecule has 0 saturated carbocycles. The Morgan fingerprint density at radius 3 is 2.27 bits per heavy atom. The van der Waals surface area contributed by atoms with Crippen LogP contribution in [0.2, 0.25) is 0 Å². The van der Waals surface area contributed by atoms with Crippen LogP contribution < -0.4 is 4.74 Å². The molecule has 0 bridgehead atoms. The number of ether oxygens (including phenoxy) is 1. The maximum Gasteiger partial charge on any atom is 0.123 e. The monoisotopic (exact) mass is 343 g/mol. The summed E-state index contributed by atoms with van der Waals surface area (Å²) < 4.78 is 6.17. The molecule has 2 nitrogen and oxygen atoms in total. The van der Waals surface area contributed by atoms with E-state index in [9.17, 15) is 0 Å². The highest BCUT2D eigenvalue weighted by Gasteiger charge is 2.25. The molecule has 1 aliphatic rings. The average Bonchev–Trinajstić information content (AvgIpc) is 2.69. The molecule has 0 aromatic heterocycles. The summed E-state index contributed by atoms with van der Waals surface area (Å²) in [5, 5.41) is 0. The quantitative estimate of drug-likeness (QED) is 0.630. The number of rotatable bonds is 5. The van der Waals surface area contributed by atoms with E-state index in [2.05, 4.69) is 84.6 Å². The first-order valence-corrected chi connectivity index (χ1v) is 9.35. The number of fused-ring (bicyclic) bond motifs is 1. The lowest BCUT2D eigenvalue weighted by Gasteiger charge is -2.35. The van der Waals surface area contributed by atoms with Crippen molar-refractivity contribution in [2.75, 3.05) is 0 Å². The van der Waals surface area contributed by atoms with Gasteiger partial charge in [0.15, 0.2) is 0 Å². The normalized spacial score (nSPS) is 16.9. The number of hydrogen-bond donors (Lipinski definition) is 0. The van der Waals surface area contributed by atoms with E-state index >= 15 is 0 Å². The Morgan fingerprint density at radius 2 is 1.54 bits per heavy atom. The number of hydrogen-bond acceptors (Lipinski definition) is 2. The maximum absolute atomic E-state index is 6.17. The number of nitrogens with zero attached hydrogens (tertiary/aromatic N) is 1. The minimum absolute atomic E-state index is 0.504. The lowest BCUT2D eigenvalue weighted by molar-refractivity contribution is 0.172. The van der Waals surface area contributed by atoms with Gasteiger partial charge in [0, 0.05) is 24.7 Å². The highest BCUT2D eigenvalue weighted by atomic mass is 16.5. The molecule has 0 saturated heterocycles. The number of benzene rings is 3. The van der Waals surface area contributed by atoms with Crippen molar-refractivity contribution in [1.82, 2.24) is 4.90 Å². The van der Waals surface area contributed by atoms with Gasteiger partial charge in [-0.05, 0) is 36.1 Å². The Bertz CT molecular complexity index is 845. The van der Waals surface area contributed by atoms with Gasteiger partial charge < -0.3 is 4.74 Å². The van der Waals surface area contributed by atoms with Gasteiger partial charge in [0.05, 0.1) is 0 Å². The second-order valence-corrected chi connectivity index (χ2v) is 7.11. The van der Waals surface area contributed by atoms with E-state index in [0.29, 0.717) is 12.6 Å². The predicted molar refractivity (Wildman–Crippen MR) is 106 cm³/mol. The first-order valence-electron chi connectivity index (χ1n) is 9.35. The zero-order chi connectivity index (χ0) is 17.8. The Balaban J connectivity index is 1.49. The van der Waals surface area contributed by atoms with Gasteiger partial charge in [-0.15, -0.1) is 0 Å². The van der Waals surface area contributed by atoms with Crippen molar-refractivity contribution in [2.45, 2.75) is 39.1 Å². The fraction of sp³-hybridized carbons (Fsp3) is 0.250. The lowest BCUT2D eigenvalue weighted by Crippen LogP contribution is -2.37. The molecule has 0 spiro atoms. The van der Waals surface area contributed by atoms with Crippen molar-refractivity contribution in [2.24, 2.45) is 0 Å². The van der Waals surface area contributed by atoms with Crippen molar-refractivity contribution in [1.29, 1.82) is 0 Å². The second kappa shape index (κ2) is 7.76. The second-order valence-electron chi connectivity index (χ2n) is 7.11. The van der Waals surface area contributed by atoms with Crippen molar-refractivity contribution in [3.05, 3.63) is 101 Å². The fourth-order valence-electron chi connectivity index (χ4n) is 3.69. The summed E-state index contributed by atoms with van der Waals surface area (Å²) in [6, 6.07) is 28.1. The first kappa shape index (κ1) is 16.9. The summed E-state index contributed by atoms with van der Waals surface area (Å²) in [7, 11) is 0. The topological polar surface area (TPSA) is 12.5 Å². The molecule has 0 N–H and O–H groups in total. The molecule has 1 atom stereocenters. The molecule has 1 aliphatic heterocycles. The SMILES string of the molecule is CC1Cc2c(cccc2OCc2ccccc2)CN1Cc1ccccc1. The fourth-order valence-corrected chi connectivity index (χ4v) is 3.69. The van der Waals surface area contributed by atoms with Gasteiger partial charge in [0.25, 0.3) is 0 Å². The largest absolute Gasteiger partial charge is 0.489 e. The van der Waals surface area contributed by atoms with Gasteiger partial charge in [-0.1, -0.05) is 72.8 Å². The van der Waals surface area contributed by atoms with Gasteiger partial charge in [-0.2, -0.15) is 0 Å². The summed E-state index contributed by atoms with van der Waals surface area (Å²) in [4.78, 5) is 2.55. The molecule has 26 heavy (non-hydrogen) atoms. The third-order valence-corrected chi connectivity index (χ3v) is 5.19. The highest BCUT2D eigenvalue weighted by molar-refractivity contribution is 5.42. The molecule has 1 heterocycles. The van der Waals surface area contributed by atoms with Crippen LogP contribution in [-0.4, -0.2) is 10.9 Å². The van der Waals surface area contributed by atoms with Crippen LogP contribution in [0.4, 0.5) is 0 Å². The molecular formula is C24H25NO. The Labute approximate surface area is 156 Å². The Kier molecular flexibility index (Phi) is 5.03. The average molecular weight is 343 g/mol. The molecule has 3 aromatic carbocycles. The maximum atomic E-state index is 6.17. The summed E-state index contributed by atoms with van der Waals surface area (Å²) in [6.07, 6.45) is 1.03. The molecule has 0 radical (unpaired) electrons. The molecule has 1 unspecified atom stereocenters. The zero-order valence-electron chi connectivity index (χ0n) is 15.3.